The molecule has 1 aliphatic rings. The van der Waals surface area contributed by atoms with Crippen LogP contribution in [0.3, 0.4) is 0 Å². The molecule has 0 saturated carbocycles. The number of sulfonamides is 1. The van der Waals surface area contributed by atoms with Crippen molar-refractivity contribution in [3.05, 3.63) is 102 Å². The molecule has 0 fully saturated rings. The van der Waals surface area contributed by atoms with Crippen molar-refractivity contribution in [1.82, 2.24) is 5.01 Å². The van der Waals surface area contributed by atoms with Crippen molar-refractivity contribution in [3.63, 3.8) is 0 Å². The van der Waals surface area contributed by atoms with Crippen LogP contribution in [-0.2, 0) is 14.5 Å². The van der Waals surface area contributed by atoms with Crippen molar-refractivity contribution in [2.24, 2.45) is 9.50 Å². The lowest BCUT2D eigenvalue weighted by atomic mass is 9.91. The van der Waals surface area contributed by atoms with Crippen molar-refractivity contribution in [2.45, 2.75) is 15.2 Å². The van der Waals surface area contributed by atoms with Crippen LogP contribution in [0, 0.1) is 0 Å². The van der Waals surface area contributed by atoms with E-state index >= 15 is 0 Å². The van der Waals surface area contributed by atoms with E-state index in [-0.39, 0.29) is 10.8 Å². The number of halogens is 1. The summed E-state index contributed by atoms with van der Waals surface area (Å²) in [5, 5.41) is 6.89. The van der Waals surface area contributed by atoms with E-state index in [0.29, 0.717) is 11.7 Å². The molecule has 1 atom stereocenters. The fraction of sp³-hybridized carbons (Fsp3) is 0.167. The van der Waals surface area contributed by atoms with Crippen LogP contribution in [-0.4, -0.2) is 37.1 Å². The molecule has 32 heavy (non-hydrogen) atoms. The van der Waals surface area contributed by atoms with Crippen LogP contribution < -0.4 is 0 Å². The van der Waals surface area contributed by atoms with Crippen LogP contribution in [0.2, 0.25) is 0 Å². The van der Waals surface area contributed by atoms with Gasteiger partial charge in [-0.05, 0) is 35.1 Å². The van der Waals surface area contributed by atoms with E-state index in [4.69, 9.17) is 5.10 Å². The van der Waals surface area contributed by atoms with Gasteiger partial charge in [-0.15, -0.1) is 4.40 Å². The van der Waals surface area contributed by atoms with Gasteiger partial charge in [0.2, 0.25) is 0 Å². The van der Waals surface area contributed by atoms with Crippen LogP contribution in [0.25, 0.3) is 0 Å². The van der Waals surface area contributed by atoms with Gasteiger partial charge in [0.25, 0.3) is 10.0 Å². The van der Waals surface area contributed by atoms with Crippen LogP contribution >= 0.6 is 34.4 Å². The molecule has 1 heterocycles. The maximum absolute atomic E-state index is 13.0. The summed E-state index contributed by atoms with van der Waals surface area (Å²) in [7, 11) is -3.84. The first-order valence-electron chi connectivity index (χ1n) is 10.0. The average Bonchev–Trinajstić information content (AvgIpc) is 3.29. The number of thioether (sulfide) groups is 1. The third-order valence-corrected chi connectivity index (χ3v) is 8.11. The van der Waals surface area contributed by atoms with Gasteiger partial charge in [-0.3, -0.25) is 0 Å². The lowest BCUT2D eigenvalue weighted by Crippen LogP contribution is -2.24. The molecule has 0 N–H and O–H groups in total. The van der Waals surface area contributed by atoms with E-state index in [1.807, 2.05) is 66.9 Å². The predicted octanol–water partition coefficient (Wildman–Crippen LogP) is 5.53. The summed E-state index contributed by atoms with van der Waals surface area (Å²) in [6.07, 6.45) is 1.82. The Balaban J connectivity index is 1.71. The summed E-state index contributed by atoms with van der Waals surface area (Å²) in [4.78, 5) is 0.184. The van der Waals surface area contributed by atoms with Crippen LogP contribution in [0.5, 0.6) is 0 Å². The Hall–Kier alpha value is -2.17. The third kappa shape index (κ3) is 5.07. The standard InChI is InChI=1S/C24H22IN3O2S2/c1-31-24(27-32(29,30)21-14-12-18(16-25)13-15-21)28-17-22(19-8-4-2-5-9-19)23(26-28)20-10-6-3-7-11-20/h2-15,22H,16-17H2,1H3. The van der Waals surface area contributed by atoms with Gasteiger partial charge in [0.05, 0.1) is 17.2 Å². The first-order chi connectivity index (χ1) is 15.5. The molecule has 1 aliphatic heterocycles. The predicted molar refractivity (Wildman–Crippen MR) is 141 cm³/mol. The van der Waals surface area contributed by atoms with Gasteiger partial charge < -0.3 is 0 Å². The summed E-state index contributed by atoms with van der Waals surface area (Å²) < 4.78 is 30.9. The lowest BCUT2D eigenvalue weighted by molar-refractivity contribution is 0.484. The van der Waals surface area contributed by atoms with Crippen molar-refractivity contribution < 1.29 is 8.42 Å². The molecule has 5 nitrogen and oxygen atoms in total. The number of nitrogens with zero attached hydrogens (tertiary/aromatic N) is 3. The Kier molecular flexibility index (Phi) is 7.32. The fourth-order valence-corrected chi connectivity index (χ4v) is 5.85. The van der Waals surface area contributed by atoms with E-state index in [1.165, 1.54) is 11.8 Å². The van der Waals surface area contributed by atoms with E-state index in [0.717, 1.165) is 26.8 Å². The minimum atomic E-state index is -3.84. The Bertz CT molecular complexity index is 1230. The molecule has 3 aromatic carbocycles. The number of hydrogen-bond acceptors (Lipinski definition) is 4. The minimum absolute atomic E-state index is 0.0154. The Labute approximate surface area is 206 Å². The summed E-state index contributed by atoms with van der Waals surface area (Å²) in [5.74, 6) is 0.0154. The minimum Gasteiger partial charge on any atom is -0.240 e. The van der Waals surface area contributed by atoms with Gasteiger partial charge in [0.15, 0.2) is 5.17 Å². The SMILES string of the molecule is CSC(=NS(=O)(=O)c1ccc(CI)cc1)N1CC(c2ccccc2)C(c2ccccc2)=N1. The molecule has 4 rings (SSSR count). The van der Waals surface area contributed by atoms with Gasteiger partial charge in [-0.1, -0.05) is 107 Å². The number of rotatable bonds is 5. The molecule has 8 heteroatoms. The Morgan fingerprint density at radius 1 is 1.03 bits per heavy atom. The van der Waals surface area contributed by atoms with Gasteiger partial charge >= 0.3 is 0 Å². The number of hydrogen-bond donors (Lipinski definition) is 0. The van der Waals surface area contributed by atoms with Gasteiger partial charge in [-0.2, -0.15) is 13.5 Å². The van der Waals surface area contributed by atoms with Gasteiger partial charge in [0.1, 0.15) is 0 Å². The van der Waals surface area contributed by atoms with E-state index in [9.17, 15) is 8.42 Å². The number of amidine groups is 1. The second-order valence-electron chi connectivity index (χ2n) is 7.23. The zero-order chi connectivity index (χ0) is 22.6. The third-order valence-electron chi connectivity index (χ3n) is 5.16. The molecule has 3 aromatic rings. The Morgan fingerprint density at radius 3 is 2.25 bits per heavy atom. The number of hydrazone groups is 1. The van der Waals surface area contributed by atoms with Crippen LogP contribution in [0.15, 0.2) is 99.3 Å². The molecular formula is C24H22IN3O2S2. The highest BCUT2D eigenvalue weighted by molar-refractivity contribution is 14.1. The van der Waals surface area contributed by atoms with Crippen molar-refractivity contribution in [3.8, 4) is 0 Å². The van der Waals surface area contributed by atoms with Crippen molar-refractivity contribution in [2.75, 3.05) is 12.8 Å². The highest BCUT2D eigenvalue weighted by Crippen LogP contribution is 2.30. The summed E-state index contributed by atoms with van der Waals surface area (Å²) >= 11 is 3.53. The molecule has 0 saturated heterocycles. The molecule has 0 aromatic heterocycles. The highest BCUT2D eigenvalue weighted by Gasteiger charge is 2.32. The quantitative estimate of drug-likeness (QED) is 0.174. The average molecular weight is 575 g/mol. The van der Waals surface area contributed by atoms with Gasteiger partial charge in [-0.25, -0.2) is 5.01 Å². The highest BCUT2D eigenvalue weighted by atomic mass is 127. The summed E-state index contributed by atoms with van der Waals surface area (Å²) in [6.45, 7) is 0.525. The molecule has 0 spiro atoms. The summed E-state index contributed by atoms with van der Waals surface area (Å²) in [6, 6.07) is 27.0. The molecule has 164 valence electrons. The topological polar surface area (TPSA) is 62.1 Å². The van der Waals surface area contributed by atoms with Crippen molar-refractivity contribution >= 4 is 55.3 Å². The molecular weight excluding hydrogens is 553 g/mol. The smallest absolute Gasteiger partial charge is 0.240 e. The second-order valence-corrected chi connectivity index (χ2v) is 10.4. The Morgan fingerprint density at radius 2 is 1.66 bits per heavy atom. The van der Waals surface area contributed by atoms with Crippen molar-refractivity contribution in [1.29, 1.82) is 0 Å². The number of alkyl halides is 1. The summed E-state index contributed by atoms with van der Waals surface area (Å²) in [5.41, 5.74) is 4.13. The fourth-order valence-electron chi connectivity index (χ4n) is 3.53. The van der Waals surface area contributed by atoms with Gasteiger partial charge in [0, 0.05) is 10.3 Å². The molecule has 0 amide bonds. The molecule has 0 bridgehead atoms. The maximum atomic E-state index is 13.0. The monoisotopic (exact) mass is 575 g/mol. The maximum Gasteiger partial charge on any atom is 0.284 e. The zero-order valence-corrected chi connectivity index (χ0v) is 21.2. The van der Waals surface area contributed by atoms with Crippen LogP contribution in [0.4, 0.5) is 0 Å². The second kappa shape index (κ2) is 10.2. The molecule has 0 aliphatic carbocycles. The van der Waals surface area contributed by atoms with E-state index in [1.54, 1.807) is 17.1 Å². The largest absolute Gasteiger partial charge is 0.284 e. The lowest BCUT2D eigenvalue weighted by Gasteiger charge is -2.17. The molecule has 0 radical (unpaired) electrons. The normalized spacial score (nSPS) is 16.8. The zero-order valence-electron chi connectivity index (χ0n) is 17.4. The van der Waals surface area contributed by atoms with E-state index < -0.39 is 10.0 Å². The number of benzene rings is 3. The first-order valence-corrected chi connectivity index (χ1v) is 14.2. The first kappa shape index (κ1) is 23.0. The molecule has 1 unspecified atom stereocenters. The van der Waals surface area contributed by atoms with Crippen LogP contribution in [0.1, 0.15) is 22.6 Å². The van der Waals surface area contributed by atoms with E-state index in [2.05, 4.69) is 39.1 Å².